The summed E-state index contributed by atoms with van der Waals surface area (Å²) in [5.74, 6) is -0.0997. The summed E-state index contributed by atoms with van der Waals surface area (Å²) in [5, 5.41) is 0. The lowest BCUT2D eigenvalue weighted by molar-refractivity contribution is -0.128. The number of hydrogen-bond acceptors (Lipinski definition) is 3. The quantitative estimate of drug-likeness (QED) is 0.361. The number of ketones is 1. The zero-order chi connectivity index (χ0) is 14.4. The van der Waals surface area contributed by atoms with Crippen molar-refractivity contribution in [1.29, 1.82) is 0 Å². The third-order valence-corrected chi connectivity index (χ3v) is 2.77. The Morgan fingerprint density at radius 1 is 1.00 bits per heavy atom. The van der Waals surface area contributed by atoms with Gasteiger partial charge in [-0.1, -0.05) is 36.9 Å². The van der Waals surface area contributed by atoms with Crippen molar-refractivity contribution in [2.24, 2.45) is 0 Å². The fourth-order valence-corrected chi connectivity index (χ4v) is 1.75. The van der Waals surface area contributed by atoms with Crippen LogP contribution in [0.2, 0.25) is 0 Å². The third kappa shape index (κ3) is 3.65. The molecule has 0 aliphatic heterocycles. The SMILES string of the molecule is C=CC(=O)Oc1ccc(C(=O)Cc2ccccc2)cc1. The van der Waals surface area contributed by atoms with Crippen LogP contribution in [0.5, 0.6) is 5.75 Å². The predicted molar refractivity (Wildman–Crippen MR) is 76.8 cm³/mol. The van der Waals surface area contributed by atoms with E-state index < -0.39 is 5.97 Å². The van der Waals surface area contributed by atoms with Gasteiger partial charge in [-0.05, 0) is 29.8 Å². The van der Waals surface area contributed by atoms with Crippen molar-refractivity contribution < 1.29 is 14.3 Å². The maximum atomic E-state index is 12.1. The first-order valence-corrected chi connectivity index (χ1v) is 6.20. The summed E-state index contributed by atoms with van der Waals surface area (Å²) < 4.78 is 4.95. The number of ether oxygens (including phenoxy) is 1. The topological polar surface area (TPSA) is 43.4 Å². The molecule has 100 valence electrons. The van der Waals surface area contributed by atoms with E-state index in [0.29, 0.717) is 17.7 Å². The van der Waals surface area contributed by atoms with Crippen LogP contribution in [-0.4, -0.2) is 11.8 Å². The van der Waals surface area contributed by atoms with Crippen molar-refractivity contribution in [3.8, 4) is 5.75 Å². The van der Waals surface area contributed by atoms with Gasteiger partial charge in [0.2, 0.25) is 0 Å². The van der Waals surface area contributed by atoms with Gasteiger partial charge >= 0.3 is 5.97 Å². The van der Waals surface area contributed by atoms with Crippen LogP contribution in [0.1, 0.15) is 15.9 Å². The Kier molecular flexibility index (Phi) is 4.45. The van der Waals surface area contributed by atoms with Crippen LogP contribution in [0, 0.1) is 0 Å². The molecule has 0 radical (unpaired) electrons. The molecular formula is C17H14O3. The van der Waals surface area contributed by atoms with E-state index in [-0.39, 0.29) is 5.78 Å². The smallest absolute Gasteiger partial charge is 0.335 e. The van der Waals surface area contributed by atoms with Crippen molar-refractivity contribution in [3.63, 3.8) is 0 Å². The molecule has 2 rings (SSSR count). The molecule has 0 atom stereocenters. The lowest BCUT2D eigenvalue weighted by Gasteiger charge is -2.04. The third-order valence-electron chi connectivity index (χ3n) is 2.77. The van der Waals surface area contributed by atoms with Gasteiger partial charge in [0.05, 0.1) is 0 Å². The molecule has 0 saturated heterocycles. The van der Waals surface area contributed by atoms with Gasteiger partial charge < -0.3 is 4.74 Å². The molecule has 3 nitrogen and oxygen atoms in total. The average molecular weight is 266 g/mol. The van der Waals surface area contributed by atoms with E-state index in [1.54, 1.807) is 24.3 Å². The number of hydrogen-bond donors (Lipinski definition) is 0. The molecule has 2 aromatic carbocycles. The first-order chi connectivity index (χ1) is 9.69. The zero-order valence-electron chi connectivity index (χ0n) is 10.9. The Morgan fingerprint density at radius 3 is 2.25 bits per heavy atom. The summed E-state index contributed by atoms with van der Waals surface area (Å²) in [6.07, 6.45) is 1.45. The Hall–Kier alpha value is -2.68. The Balaban J connectivity index is 2.04. The van der Waals surface area contributed by atoms with Crippen molar-refractivity contribution in [2.75, 3.05) is 0 Å². The molecule has 2 aromatic rings. The Morgan fingerprint density at radius 2 is 1.65 bits per heavy atom. The van der Waals surface area contributed by atoms with Crippen molar-refractivity contribution in [3.05, 3.63) is 78.4 Å². The molecule has 0 heterocycles. The lowest BCUT2D eigenvalue weighted by atomic mass is 10.0. The largest absolute Gasteiger partial charge is 0.423 e. The fourth-order valence-electron chi connectivity index (χ4n) is 1.75. The second-order valence-corrected chi connectivity index (χ2v) is 4.24. The summed E-state index contributed by atoms with van der Waals surface area (Å²) in [5.41, 5.74) is 1.56. The van der Waals surface area contributed by atoms with E-state index in [1.807, 2.05) is 30.3 Å². The van der Waals surface area contributed by atoms with Crippen molar-refractivity contribution in [1.82, 2.24) is 0 Å². The minimum Gasteiger partial charge on any atom is -0.423 e. The highest BCUT2D eigenvalue weighted by molar-refractivity contribution is 5.97. The van der Waals surface area contributed by atoms with Crippen LogP contribution in [0.15, 0.2) is 67.3 Å². The van der Waals surface area contributed by atoms with Crippen LogP contribution < -0.4 is 4.74 Å². The second kappa shape index (κ2) is 6.48. The van der Waals surface area contributed by atoms with E-state index in [2.05, 4.69) is 6.58 Å². The molecule has 0 N–H and O–H groups in total. The first kappa shape index (κ1) is 13.7. The Bertz CT molecular complexity index is 612. The van der Waals surface area contributed by atoms with Crippen molar-refractivity contribution in [2.45, 2.75) is 6.42 Å². The van der Waals surface area contributed by atoms with Gasteiger partial charge in [0.15, 0.2) is 5.78 Å². The zero-order valence-corrected chi connectivity index (χ0v) is 10.9. The summed E-state index contributed by atoms with van der Waals surface area (Å²) in [4.78, 5) is 23.1. The molecule has 0 spiro atoms. The molecule has 20 heavy (non-hydrogen) atoms. The summed E-state index contributed by atoms with van der Waals surface area (Å²) in [6.45, 7) is 3.32. The van der Waals surface area contributed by atoms with Crippen LogP contribution >= 0.6 is 0 Å². The van der Waals surface area contributed by atoms with Gasteiger partial charge in [-0.25, -0.2) is 4.79 Å². The van der Waals surface area contributed by atoms with E-state index in [9.17, 15) is 9.59 Å². The van der Waals surface area contributed by atoms with Gasteiger partial charge in [-0.2, -0.15) is 0 Å². The fraction of sp³-hybridized carbons (Fsp3) is 0.0588. The van der Waals surface area contributed by atoms with Crippen LogP contribution in [0.3, 0.4) is 0 Å². The monoisotopic (exact) mass is 266 g/mol. The van der Waals surface area contributed by atoms with Gasteiger partial charge in [0.25, 0.3) is 0 Å². The Labute approximate surface area is 117 Å². The van der Waals surface area contributed by atoms with Gasteiger partial charge in [0, 0.05) is 18.1 Å². The molecule has 0 aliphatic rings. The molecule has 0 fully saturated rings. The summed E-state index contributed by atoms with van der Waals surface area (Å²) in [7, 11) is 0. The molecular weight excluding hydrogens is 252 g/mol. The van der Waals surface area contributed by atoms with Crippen LogP contribution in [0.25, 0.3) is 0 Å². The van der Waals surface area contributed by atoms with Gasteiger partial charge in [-0.3, -0.25) is 4.79 Å². The highest BCUT2D eigenvalue weighted by Crippen LogP contribution is 2.14. The number of Topliss-reactive ketones (excluding diaryl/α,β-unsaturated/α-hetero) is 1. The second-order valence-electron chi connectivity index (χ2n) is 4.24. The predicted octanol–water partition coefficient (Wildman–Crippen LogP) is 3.20. The van der Waals surface area contributed by atoms with E-state index in [0.717, 1.165) is 11.6 Å². The molecule has 0 bridgehead atoms. The number of carbonyl (C=O) groups excluding carboxylic acids is 2. The van der Waals surface area contributed by atoms with Crippen LogP contribution in [0.4, 0.5) is 0 Å². The molecule has 0 saturated carbocycles. The van der Waals surface area contributed by atoms with Crippen LogP contribution in [-0.2, 0) is 11.2 Å². The molecule has 0 aliphatic carbocycles. The van der Waals surface area contributed by atoms with E-state index >= 15 is 0 Å². The maximum Gasteiger partial charge on any atom is 0.335 e. The van der Waals surface area contributed by atoms with Gasteiger partial charge in [0.1, 0.15) is 5.75 Å². The molecule has 0 unspecified atom stereocenters. The number of carbonyl (C=O) groups is 2. The summed E-state index contributed by atoms with van der Waals surface area (Å²) >= 11 is 0. The normalized spacial score (nSPS) is 9.80. The number of benzene rings is 2. The molecule has 0 amide bonds. The van der Waals surface area contributed by atoms with E-state index in [1.165, 1.54) is 0 Å². The molecule has 0 aromatic heterocycles. The highest BCUT2D eigenvalue weighted by atomic mass is 16.5. The van der Waals surface area contributed by atoms with Crippen molar-refractivity contribution >= 4 is 11.8 Å². The minimum atomic E-state index is -0.520. The first-order valence-electron chi connectivity index (χ1n) is 6.20. The lowest BCUT2D eigenvalue weighted by Crippen LogP contribution is -2.05. The number of esters is 1. The van der Waals surface area contributed by atoms with E-state index in [4.69, 9.17) is 4.74 Å². The standard InChI is InChI=1S/C17H14O3/c1-2-17(19)20-15-10-8-14(9-11-15)16(18)12-13-6-4-3-5-7-13/h2-11H,1,12H2. The molecule has 3 heteroatoms. The summed E-state index contributed by atoms with van der Waals surface area (Å²) in [6, 6.07) is 16.0. The minimum absolute atomic E-state index is 0.0257. The average Bonchev–Trinajstić information content (AvgIpc) is 2.49. The van der Waals surface area contributed by atoms with Gasteiger partial charge in [-0.15, -0.1) is 0 Å². The maximum absolute atomic E-state index is 12.1. The highest BCUT2D eigenvalue weighted by Gasteiger charge is 2.07. The number of rotatable bonds is 5.